The Morgan fingerprint density at radius 1 is 1.29 bits per heavy atom. The maximum absolute atomic E-state index is 11.6. The van der Waals surface area contributed by atoms with Crippen LogP contribution in [0.2, 0.25) is 0 Å². The first-order valence-corrected chi connectivity index (χ1v) is 7.60. The molecule has 5 N–H and O–H groups in total. The number of sulfonamides is 1. The molecule has 2 rings (SSSR count). The van der Waals surface area contributed by atoms with E-state index in [1.54, 1.807) is 24.4 Å². The number of nitrogen functional groups attached to an aromatic ring is 1. The molecular formula is C13H16N4O3S. The van der Waals surface area contributed by atoms with E-state index in [4.69, 9.17) is 15.6 Å². The first-order chi connectivity index (χ1) is 9.90. The van der Waals surface area contributed by atoms with E-state index < -0.39 is 10.0 Å². The number of methoxy groups -OCH3 is 1. The summed E-state index contributed by atoms with van der Waals surface area (Å²) >= 11 is 0. The topological polar surface area (TPSA) is 120 Å². The third-order valence-electron chi connectivity index (χ3n) is 2.80. The number of nitrogens with one attached hydrogen (secondary N) is 1. The summed E-state index contributed by atoms with van der Waals surface area (Å²) in [6.07, 6.45) is 1.64. The molecule has 1 aromatic heterocycles. The average molecular weight is 308 g/mol. The third kappa shape index (κ3) is 3.83. The van der Waals surface area contributed by atoms with E-state index in [2.05, 4.69) is 10.3 Å². The molecule has 0 saturated heterocycles. The van der Waals surface area contributed by atoms with Gasteiger partial charge in [-0.3, -0.25) is 0 Å². The van der Waals surface area contributed by atoms with E-state index in [-0.39, 0.29) is 4.90 Å². The lowest BCUT2D eigenvalue weighted by atomic mass is 10.2. The molecule has 1 aromatic carbocycles. The summed E-state index contributed by atoms with van der Waals surface area (Å²) in [5, 5.41) is 8.19. The number of primary sulfonamides is 1. The van der Waals surface area contributed by atoms with Gasteiger partial charge in [0.1, 0.15) is 4.90 Å². The van der Waals surface area contributed by atoms with Crippen molar-refractivity contribution in [1.82, 2.24) is 4.98 Å². The average Bonchev–Trinajstić information content (AvgIpc) is 2.45. The van der Waals surface area contributed by atoms with Crippen molar-refractivity contribution in [3.63, 3.8) is 0 Å². The van der Waals surface area contributed by atoms with Gasteiger partial charge in [-0.1, -0.05) is 6.07 Å². The number of hydrogen-bond donors (Lipinski definition) is 3. The van der Waals surface area contributed by atoms with Crippen molar-refractivity contribution >= 4 is 21.4 Å². The van der Waals surface area contributed by atoms with Crippen LogP contribution in [0.3, 0.4) is 0 Å². The van der Waals surface area contributed by atoms with Gasteiger partial charge in [-0.05, 0) is 23.8 Å². The molecule has 0 aliphatic heterocycles. The van der Waals surface area contributed by atoms with Crippen LogP contribution in [0.1, 0.15) is 5.56 Å². The molecule has 0 radical (unpaired) electrons. The predicted octanol–water partition coefficient (Wildman–Crippen LogP) is 0.932. The van der Waals surface area contributed by atoms with Crippen LogP contribution in [-0.4, -0.2) is 20.5 Å². The number of anilines is 2. The van der Waals surface area contributed by atoms with E-state index in [1.165, 1.54) is 13.2 Å². The molecule has 2 aromatic rings. The van der Waals surface area contributed by atoms with E-state index >= 15 is 0 Å². The number of nitrogens with two attached hydrogens (primary N) is 2. The maximum atomic E-state index is 11.6. The number of aromatic nitrogens is 1. The van der Waals surface area contributed by atoms with Gasteiger partial charge in [-0.2, -0.15) is 0 Å². The highest BCUT2D eigenvalue weighted by molar-refractivity contribution is 7.89. The fourth-order valence-corrected chi connectivity index (χ4v) is 2.50. The molecule has 112 valence electrons. The van der Waals surface area contributed by atoms with Gasteiger partial charge < -0.3 is 15.8 Å². The van der Waals surface area contributed by atoms with Crippen molar-refractivity contribution in [1.29, 1.82) is 0 Å². The van der Waals surface area contributed by atoms with Crippen LogP contribution in [0.15, 0.2) is 41.4 Å². The molecule has 0 aliphatic rings. The van der Waals surface area contributed by atoms with E-state index in [1.807, 2.05) is 6.07 Å². The normalized spacial score (nSPS) is 11.1. The molecule has 0 atom stereocenters. The summed E-state index contributed by atoms with van der Waals surface area (Å²) in [6.45, 7) is 0.392. The number of hydrogen-bond acceptors (Lipinski definition) is 6. The molecule has 7 nitrogen and oxygen atoms in total. The molecule has 0 aliphatic carbocycles. The van der Waals surface area contributed by atoms with Crippen LogP contribution >= 0.6 is 0 Å². The van der Waals surface area contributed by atoms with E-state index in [0.29, 0.717) is 23.8 Å². The van der Waals surface area contributed by atoms with E-state index in [9.17, 15) is 8.42 Å². The van der Waals surface area contributed by atoms with Crippen LogP contribution in [0, 0.1) is 0 Å². The van der Waals surface area contributed by atoms with Gasteiger partial charge in [0.2, 0.25) is 15.9 Å². The Morgan fingerprint density at radius 3 is 2.62 bits per heavy atom. The van der Waals surface area contributed by atoms with Crippen LogP contribution in [0.5, 0.6) is 5.88 Å². The Bertz CT molecular complexity index is 730. The third-order valence-corrected chi connectivity index (χ3v) is 3.75. The van der Waals surface area contributed by atoms with Crippen LogP contribution in [-0.2, 0) is 16.6 Å². The number of rotatable bonds is 5. The lowest BCUT2D eigenvalue weighted by molar-refractivity contribution is 0.397. The minimum Gasteiger partial charge on any atom is -0.481 e. The van der Waals surface area contributed by atoms with E-state index in [0.717, 1.165) is 5.56 Å². The summed E-state index contributed by atoms with van der Waals surface area (Å²) in [5.74, 6) is 0.511. The molecule has 0 fully saturated rings. The summed E-state index contributed by atoms with van der Waals surface area (Å²) in [5.41, 5.74) is 7.18. The predicted molar refractivity (Wildman–Crippen MR) is 80.3 cm³/mol. The summed E-state index contributed by atoms with van der Waals surface area (Å²) in [4.78, 5) is 4.03. The van der Waals surface area contributed by atoms with Crippen molar-refractivity contribution in [3.05, 3.63) is 42.1 Å². The maximum Gasteiger partial charge on any atom is 0.240 e. The molecule has 0 unspecified atom stereocenters. The van der Waals surface area contributed by atoms with Gasteiger partial charge in [0, 0.05) is 24.5 Å². The Balaban J connectivity index is 2.19. The summed E-state index contributed by atoms with van der Waals surface area (Å²) in [7, 11) is -2.31. The quantitative estimate of drug-likeness (QED) is 0.707. The monoisotopic (exact) mass is 308 g/mol. The Labute approximate surface area is 123 Å². The zero-order chi connectivity index (χ0) is 15.5. The number of pyridine rings is 1. The van der Waals surface area contributed by atoms with Crippen molar-refractivity contribution in [2.75, 3.05) is 18.2 Å². The lowest BCUT2D eigenvalue weighted by Crippen LogP contribution is -2.15. The van der Waals surface area contributed by atoms with Gasteiger partial charge in [-0.25, -0.2) is 18.5 Å². The molecule has 0 spiro atoms. The Kier molecular flexibility index (Phi) is 4.29. The zero-order valence-corrected chi connectivity index (χ0v) is 12.2. The minimum absolute atomic E-state index is 0.0380. The van der Waals surface area contributed by atoms with Gasteiger partial charge in [0.05, 0.1) is 12.8 Å². The van der Waals surface area contributed by atoms with Crippen molar-refractivity contribution < 1.29 is 13.2 Å². The Hall–Kier alpha value is -2.32. The van der Waals surface area contributed by atoms with Gasteiger partial charge in [0.15, 0.2) is 0 Å². The minimum atomic E-state index is -3.85. The molecule has 0 saturated carbocycles. The highest BCUT2D eigenvalue weighted by atomic mass is 32.2. The fourth-order valence-electron chi connectivity index (χ4n) is 1.75. The zero-order valence-electron chi connectivity index (χ0n) is 11.4. The van der Waals surface area contributed by atoms with Crippen molar-refractivity contribution in [3.8, 4) is 5.88 Å². The summed E-state index contributed by atoms with van der Waals surface area (Å²) < 4.78 is 28.1. The number of nitrogens with zero attached hydrogens (tertiary/aromatic N) is 1. The Morgan fingerprint density at radius 2 is 2.05 bits per heavy atom. The molecule has 8 heteroatoms. The van der Waals surface area contributed by atoms with Gasteiger partial charge >= 0.3 is 0 Å². The van der Waals surface area contributed by atoms with Crippen LogP contribution in [0.25, 0.3) is 0 Å². The highest BCUT2D eigenvalue weighted by Crippen LogP contribution is 2.23. The molecule has 0 amide bonds. The van der Waals surface area contributed by atoms with Crippen molar-refractivity contribution in [2.24, 2.45) is 5.14 Å². The standard InChI is InChI=1S/C13H16N4O3S/c1-20-13-5-2-9(8-17-13)7-16-11-4-3-10(14)6-12(11)21(15,18)19/h2-6,8,16H,7,14H2,1H3,(H2,15,18,19). The van der Waals surface area contributed by atoms with Gasteiger partial charge in [0.25, 0.3) is 0 Å². The largest absolute Gasteiger partial charge is 0.481 e. The molecular weight excluding hydrogens is 292 g/mol. The number of ether oxygens (including phenoxy) is 1. The molecule has 21 heavy (non-hydrogen) atoms. The first-order valence-electron chi connectivity index (χ1n) is 6.05. The SMILES string of the molecule is COc1ccc(CNc2ccc(N)cc2S(N)(=O)=O)cn1. The molecule has 1 heterocycles. The van der Waals surface area contributed by atoms with Gasteiger partial charge in [-0.15, -0.1) is 0 Å². The second-order valence-corrected chi connectivity index (χ2v) is 5.89. The van der Waals surface area contributed by atoms with Crippen LogP contribution in [0.4, 0.5) is 11.4 Å². The molecule has 0 bridgehead atoms. The highest BCUT2D eigenvalue weighted by Gasteiger charge is 2.14. The first kappa shape index (κ1) is 15.1. The lowest BCUT2D eigenvalue weighted by Gasteiger charge is -2.11. The van der Waals surface area contributed by atoms with Crippen LogP contribution < -0.4 is 20.9 Å². The second kappa shape index (κ2) is 5.98. The fraction of sp³-hybridized carbons (Fsp3) is 0.154. The second-order valence-electron chi connectivity index (χ2n) is 4.36. The number of benzene rings is 1. The van der Waals surface area contributed by atoms with Crippen molar-refractivity contribution in [2.45, 2.75) is 11.4 Å². The smallest absolute Gasteiger partial charge is 0.240 e. The summed E-state index contributed by atoms with van der Waals surface area (Å²) in [6, 6.07) is 8.05.